The van der Waals surface area contributed by atoms with Crippen LogP contribution in [0.2, 0.25) is 0 Å². The highest BCUT2D eigenvalue weighted by atomic mass is 32.2. The van der Waals surface area contributed by atoms with Crippen molar-refractivity contribution in [2.75, 3.05) is 20.2 Å². The van der Waals surface area contributed by atoms with E-state index in [-0.39, 0.29) is 18.0 Å². The molecule has 1 saturated heterocycles. The second kappa shape index (κ2) is 10.0. The van der Waals surface area contributed by atoms with Crippen LogP contribution in [-0.2, 0) is 16.1 Å². The van der Waals surface area contributed by atoms with Crippen molar-refractivity contribution in [2.24, 2.45) is 11.8 Å². The standard InChI is InChI=1S/C25H29N3O5S/c1-15-10-16(2)13-27(12-15)22(29)17(3)34-25-26-21-11-18(24(31)32-4)7-8-20(21)23(30)28(25)14-19-6-5-9-33-19/h5-9,11,15-17H,10,12-14H2,1-4H3/t15-,16-,17-/m1/s1. The van der Waals surface area contributed by atoms with Crippen molar-refractivity contribution in [2.45, 2.75) is 44.1 Å². The van der Waals surface area contributed by atoms with Crippen LogP contribution in [-0.4, -0.2) is 51.8 Å². The van der Waals surface area contributed by atoms with E-state index in [9.17, 15) is 14.4 Å². The smallest absolute Gasteiger partial charge is 0.337 e. The molecule has 1 fully saturated rings. The van der Waals surface area contributed by atoms with E-state index in [0.29, 0.717) is 39.2 Å². The molecule has 0 aliphatic carbocycles. The molecule has 0 unspecified atom stereocenters. The lowest BCUT2D eigenvalue weighted by Gasteiger charge is -2.36. The van der Waals surface area contributed by atoms with Crippen molar-refractivity contribution in [3.63, 3.8) is 0 Å². The van der Waals surface area contributed by atoms with Crippen LogP contribution in [0.4, 0.5) is 0 Å². The van der Waals surface area contributed by atoms with Crippen LogP contribution >= 0.6 is 11.8 Å². The first-order valence-corrected chi connectivity index (χ1v) is 12.3. The summed E-state index contributed by atoms with van der Waals surface area (Å²) in [7, 11) is 1.30. The predicted octanol–water partition coefficient (Wildman–Crippen LogP) is 3.81. The number of carbonyl (C=O) groups excluding carboxylic acids is 2. The number of rotatable bonds is 6. The molecule has 1 amide bonds. The normalized spacial score (nSPS) is 19.2. The summed E-state index contributed by atoms with van der Waals surface area (Å²) in [5.74, 6) is 1.05. The average molecular weight is 484 g/mol. The third-order valence-corrected chi connectivity index (χ3v) is 7.12. The highest BCUT2D eigenvalue weighted by Gasteiger charge is 2.30. The third kappa shape index (κ3) is 5.04. The largest absolute Gasteiger partial charge is 0.467 e. The number of hydrogen-bond acceptors (Lipinski definition) is 7. The number of esters is 1. The van der Waals surface area contributed by atoms with Crippen molar-refractivity contribution in [3.05, 3.63) is 58.3 Å². The Morgan fingerprint density at radius 1 is 1.24 bits per heavy atom. The Morgan fingerprint density at radius 2 is 1.97 bits per heavy atom. The van der Waals surface area contributed by atoms with Gasteiger partial charge in [-0.1, -0.05) is 25.6 Å². The first-order chi connectivity index (χ1) is 16.3. The van der Waals surface area contributed by atoms with E-state index in [1.807, 2.05) is 11.8 Å². The fraction of sp³-hybridized carbons (Fsp3) is 0.440. The monoisotopic (exact) mass is 483 g/mol. The number of methoxy groups -OCH3 is 1. The number of carbonyl (C=O) groups is 2. The predicted molar refractivity (Wildman–Crippen MR) is 130 cm³/mol. The van der Waals surface area contributed by atoms with Gasteiger partial charge in [0.25, 0.3) is 5.56 Å². The number of benzene rings is 1. The summed E-state index contributed by atoms with van der Waals surface area (Å²) in [4.78, 5) is 45.3. The molecule has 0 bridgehead atoms. The van der Waals surface area contributed by atoms with Crippen molar-refractivity contribution in [3.8, 4) is 0 Å². The van der Waals surface area contributed by atoms with E-state index in [0.717, 1.165) is 19.5 Å². The molecule has 2 aromatic heterocycles. The zero-order chi connectivity index (χ0) is 24.4. The van der Waals surface area contributed by atoms with Gasteiger partial charge >= 0.3 is 5.97 Å². The molecule has 9 heteroatoms. The van der Waals surface area contributed by atoms with Gasteiger partial charge in [0, 0.05) is 13.1 Å². The molecular formula is C25H29N3O5S. The molecule has 4 rings (SSSR count). The maximum Gasteiger partial charge on any atom is 0.337 e. The lowest BCUT2D eigenvalue weighted by Crippen LogP contribution is -2.45. The fourth-order valence-electron chi connectivity index (χ4n) is 4.54. The fourth-order valence-corrected chi connectivity index (χ4v) is 5.53. The minimum Gasteiger partial charge on any atom is -0.467 e. The molecule has 1 aliphatic heterocycles. The van der Waals surface area contributed by atoms with E-state index in [4.69, 9.17) is 14.1 Å². The molecule has 3 aromatic rings. The first kappa shape index (κ1) is 24.1. The Labute approximate surface area is 202 Å². The molecule has 0 spiro atoms. The minimum absolute atomic E-state index is 0.0330. The second-order valence-corrected chi connectivity index (χ2v) is 10.3. The van der Waals surface area contributed by atoms with Crippen LogP contribution in [0.3, 0.4) is 0 Å². The molecule has 0 radical (unpaired) electrons. The Bertz CT molecular complexity index is 1240. The number of fused-ring (bicyclic) bond motifs is 1. The van der Waals surface area contributed by atoms with Crippen LogP contribution < -0.4 is 5.56 Å². The topological polar surface area (TPSA) is 94.6 Å². The maximum absolute atomic E-state index is 13.4. The van der Waals surface area contributed by atoms with Crippen LogP contribution in [0.1, 0.15) is 43.3 Å². The molecule has 1 aliphatic rings. The highest BCUT2D eigenvalue weighted by molar-refractivity contribution is 8.00. The summed E-state index contributed by atoms with van der Waals surface area (Å²) in [5.41, 5.74) is 0.424. The number of nitrogens with zero attached hydrogens (tertiary/aromatic N) is 3. The van der Waals surface area contributed by atoms with E-state index in [1.54, 1.807) is 36.6 Å². The van der Waals surface area contributed by atoms with Crippen LogP contribution in [0, 0.1) is 11.8 Å². The Balaban J connectivity index is 1.71. The van der Waals surface area contributed by atoms with Crippen molar-refractivity contribution in [1.29, 1.82) is 0 Å². The number of hydrogen-bond donors (Lipinski definition) is 0. The van der Waals surface area contributed by atoms with Gasteiger partial charge in [0.2, 0.25) is 5.91 Å². The number of likely N-dealkylation sites (tertiary alicyclic amines) is 1. The van der Waals surface area contributed by atoms with Gasteiger partial charge in [-0.2, -0.15) is 0 Å². The molecule has 180 valence electrons. The zero-order valence-electron chi connectivity index (χ0n) is 19.8. The number of aromatic nitrogens is 2. The van der Waals surface area contributed by atoms with E-state index in [2.05, 4.69) is 13.8 Å². The van der Waals surface area contributed by atoms with Crippen molar-refractivity contribution in [1.82, 2.24) is 14.5 Å². The lowest BCUT2D eigenvalue weighted by molar-refractivity contribution is -0.132. The second-order valence-electron chi connectivity index (χ2n) is 9.04. The van der Waals surface area contributed by atoms with Crippen LogP contribution in [0.5, 0.6) is 0 Å². The molecular weight excluding hydrogens is 454 g/mol. The van der Waals surface area contributed by atoms with Gasteiger partial charge in [0.15, 0.2) is 5.16 Å². The van der Waals surface area contributed by atoms with E-state index in [1.165, 1.54) is 23.4 Å². The highest BCUT2D eigenvalue weighted by Crippen LogP contribution is 2.28. The third-order valence-electron chi connectivity index (χ3n) is 6.05. The van der Waals surface area contributed by atoms with Gasteiger partial charge in [-0.3, -0.25) is 14.2 Å². The summed E-state index contributed by atoms with van der Waals surface area (Å²) >= 11 is 1.25. The van der Waals surface area contributed by atoms with Gasteiger partial charge in [-0.15, -0.1) is 0 Å². The number of amides is 1. The van der Waals surface area contributed by atoms with Crippen molar-refractivity contribution < 1.29 is 18.7 Å². The number of ether oxygens (including phenoxy) is 1. The first-order valence-electron chi connectivity index (χ1n) is 11.4. The molecule has 0 N–H and O–H groups in total. The van der Waals surface area contributed by atoms with Crippen LogP contribution in [0.15, 0.2) is 51.0 Å². The Hall–Kier alpha value is -3.07. The van der Waals surface area contributed by atoms with Crippen molar-refractivity contribution >= 4 is 34.5 Å². The molecule has 34 heavy (non-hydrogen) atoms. The van der Waals surface area contributed by atoms with Gasteiger partial charge in [-0.25, -0.2) is 9.78 Å². The van der Waals surface area contributed by atoms with E-state index < -0.39 is 11.2 Å². The van der Waals surface area contributed by atoms with E-state index >= 15 is 0 Å². The molecule has 8 nitrogen and oxygen atoms in total. The summed E-state index contributed by atoms with van der Waals surface area (Å²) in [6.07, 6.45) is 2.66. The van der Waals surface area contributed by atoms with Gasteiger partial charge < -0.3 is 14.1 Å². The lowest BCUT2D eigenvalue weighted by atomic mass is 9.92. The van der Waals surface area contributed by atoms with Gasteiger partial charge in [-0.05, 0) is 55.5 Å². The maximum atomic E-state index is 13.4. The van der Waals surface area contributed by atoms with Crippen LogP contribution in [0.25, 0.3) is 10.9 Å². The molecule has 0 saturated carbocycles. The Morgan fingerprint density at radius 3 is 2.62 bits per heavy atom. The quantitative estimate of drug-likeness (QED) is 0.299. The SMILES string of the molecule is COC(=O)c1ccc2c(=O)n(Cc3ccco3)c(S[C@H](C)C(=O)N3C[C@H](C)C[C@@H](C)C3)nc2c1. The summed E-state index contributed by atoms with van der Waals surface area (Å²) in [6, 6.07) is 8.22. The average Bonchev–Trinajstić information content (AvgIpc) is 3.32. The minimum atomic E-state index is -0.505. The van der Waals surface area contributed by atoms with Gasteiger partial charge in [0.05, 0.1) is 41.6 Å². The summed E-state index contributed by atoms with van der Waals surface area (Å²) in [6.45, 7) is 7.84. The van der Waals surface area contributed by atoms with Gasteiger partial charge in [0.1, 0.15) is 5.76 Å². The summed E-state index contributed by atoms with van der Waals surface area (Å²) in [5, 5.41) is 0.338. The molecule has 3 heterocycles. The zero-order valence-corrected chi connectivity index (χ0v) is 20.6. The molecule has 1 aromatic carbocycles. The Kier molecular flexibility index (Phi) is 7.11. The number of furan rings is 1. The number of thioether (sulfide) groups is 1. The molecule has 3 atom stereocenters. The summed E-state index contributed by atoms with van der Waals surface area (Å²) < 4.78 is 11.8. The number of piperidine rings is 1.